The Bertz CT molecular complexity index is 302. The van der Waals surface area contributed by atoms with Gasteiger partial charge in [0.1, 0.15) is 11.6 Å². The fourth-order valence-electron chi connectivity index (χ4n) is 1.30. The van der Waals surface area contributed by atoms with E-state index in [1.807, 2.05) is 0 Å². The minimum absolute atomic E-state index is 0.153. The van der Waals surface area contributed by atoms with Crippen LogP contribution >= 0.6 is 0 Å². The molecule has 2 nitrogen and oxygen atoms in total. The third-order valence-corrected chi connectivity index (χ3v) is 1.96. The molecule has 1 aromatic carbocycles. The smallest absolute Gasteiger partial charge is 0.129 e. The highest BCUT2D eigenvalue weighted by atomic mass is 19.1. The van der Waals surface area contributed by atoms with Crippen molar-refractivity contribution in [2.75, 3.05) is 13.6 Å². The molecule has 0 fully saturated rings. The Kier molecular flexibility index (Phi) is 3.98. The quantitative estimate of drug-likeness (QED) is 0.762. The van der Waals surface area contributed by atoms with E-state index in [0.29, 0.717) is 18.5 Å². The first-order valence-electron chi connectivity index (χ1n) is 4.47. The highest BCUT2D eigenvalue weighted by Gasteiger charge is 2.08. The van der Waals surface area contributed by atoms with E-state index in [9.17, 15) is 8.78 Å². The molecule has 0 bridgehead atoms. The Morgan fingerprint density at radius 3 is 2.71 bits per heavy atom. The molecule has 1 unspecified atom stereocenters. The lowest BCUT2D eigenvalue weighted by Crippen LogP contribution is -2.34. The first-order valence-corrected chi connectivity index (χ1v) is 4.47. The van der Waals surface area contributed by atoms with Gasteiger partial charge in [-0.25, -0.2) is 8.78 Å². The molecule has 0 saturated carbocycles. The van der Waals surface area contributed by atoms with Crippen molar-refractivity contribution in [3.8, 4) is 0 Å². The minimum Gasteiger partial charge on any atom is -0.326 e. The molecule has 0 aliphatic rings. The number of benzene rings is 1. The second kappa shape index (κ2) is 5.02. The standard InChI is InChI=1S/C10H14F2N2/c1-14-6-9(13)4-7-2-3-8(11)5-10(7)12/h2-3,5,9,14H,4,6,13H2,1H3. The van der Waals surface area contributed by atoms with Crippen molar-refractivity contribution in [1.82, 2.24) is 5.32 Å². The largest absolute Gasteiger partial charge is 0.326 e. The zero-order chi connectivity index (χ0) is 10.6. The van der Waals surface area contributed by atoms with Crippen LogP contribution in [0.4, 0.5) is 8.78 Å². The summed E-state index contributed by atoms with van der Waals surface area (Å²) in [5, 5.41) is 2.90. The third kappa shape index (κ3) is 3.05. The lowest BCUT2D eigenvalue weighted by atomic mass is 10.1. The van der Waals surface area contributed by atoms with E-state index in [1.165, 1.54) is 12.1 Å². The van der Waals surface area contributed by atoms with Gasteiger partial charge in [0.25, 0.3) is 0 Å². The molecule has 1 aromatic rings. The summed E-state index contributed by atoms with van der Waals surface area (Å²) in [7, 11) is 1.78. The van der Waals surface area contributed by atoms with Crippen molar-refractivity contribution in [3.63, 3.8) is 0 Å². The molecule has 0 aliphatic heterocycles. The zero-order valence-electron chi connectivity index (χ0n) is 8.06. The molecule has 0 saturated heterocycles. The SMILES string of the molecule is CNCC(N)Cc1ccc(F)cc1F. The number of nitrogens with one attached hydrogen (secondary N) is 1. The van der Waals surface area contributed by atoms with Crippen molar-refractivity contribution in [3.05, 3.63) is 35.4 Å². The molecule has 0 amide bonds. The number of nitrogens with two attached hydrogens (primary N) is 1. The maximum absolute atomic E-state index is 13.1. The molecular weight excluding hydrogens is 186 g/mol. The molecule has 0 aliphatic carbocycles. The first-order chi connectivity index (χ1) is 6.63. The second-order valence-electron chi connectivity index (χ2n) is 3.26. The molecule has 3 N–H and O–H groups in total. The molecule has 1 rings (SSSR count). The van der Waals surface area contributed by atoms with Gasteiger partial charge >= 0.3 is 0 Å². The van der Waals surface area contributed by atoms with Gasteiger partial charge in [-0.15, -0.1) is 0 Å². The van der Waals surface area contributed by atoms with E-state index in [4.69, 9.17) is 5.73 Å². The molecule has 78 valence electrons. The maximum atomic E-state index is 13.1. The van der Waals surface area contributed by atoms with Crippen LogP contribution in [-0.2, 0) is 6.42 Å². The van der Waals surface area contributed by atoms with E-state index < -0.39 is 11.6 Å². The molecule has 0 heterocycles. The number of hydrogen-bond acceptors (Lipinski definition) is 2. The molecule has 0 spiro atoms. The van der Waals surface area contributed by atoms with Crippen LogP contribution in [0.3, 0.4) is 0 Å². The van der Waals surface area contributed by atoms with Crippen LogP contribution in [0.2, 0.25) is 0 Å². The average Bonchev–Trinajstić information content (AvgIpc) is 2.10. The molecule has 4 heteroatoms. The van der Waals surface area contributed by atoms with Crippen LogP contribution in [0.1, 0.15) is 5.56 Å². The van der Waals surface area contributed by atoms with Gasteiger partial charge in [-0.2, -0.15) is 0 Å². The van der Waals surface area contributed by atoms with Crippen molar-refractivity contribution in [1.29, 1.82) is 0 Å². The fraction of sp³-hybridized carbons (Fsp3) is 0.400. The summed E-state index contributed by atoms with van der Waals surface area (Å²) in [6.45, 7) is 0.608. The van der Waals surface area contributed by atoms with Crippen LogP contribution in [0.25, 0.3) is 0 Å². The minimum atomic E-state index is -0.562. The third-order valence-electron chi connectivity index (χ3n) is 1.96. The van der Waals surface area contributed by atoms with Crippen molar-refractivity contribution in [2.45, 2.75) is 12.5 Å². The highest BCUT2D eigenvalue weighted by Crippen LogP contribution is 2.10. The summed E-state index contributed by atoms with van der Waals surface area (Å²) in [6, 6.07) is 3.39. The Balaban J connectivity index is 2.67. The summed E-state index contributed by atoms with van der Waals surface area (Å²) >= 11 is 0. The molecular formula is C10H14F2N2. The van der Waals surface area contributed by atoms with E-state index >= 15 is 0 Å². The molecule has 0 aromatic heterocycles. The Morgan fingerprint density at radius 2 is 2.14 bits per heavy atom. The van der Waals surface area contributed by atoms with Crippen molar-refractivity contribution >= 4 is 0 Å². The highest BCUT2D eigenvalue weighted by molar-refractivity contribution is 5.19. The van der Waals surface area contributed by atoms with Crippen molar-refractivity contribution in [2.24, 2.45) is 5.73 Å². The van der Waals surface area contributed by atoms with Gasteiger partial charge < -0.3 is 11.1 Å². The predicted molar refractivity (Wildman–Crippen MR) is 52.0 cm³/mol. The summed E-state index contributed by atoms with van der Waals surface area (Å²) in [4.78, 5) is 0. The topological polar surface area (TPSA) is 38.0 Å². The van der Waals surface area contributed by atoms with Crippen molar-refractivity contribution < 1.29 is 8.78 Å². The summed E-state index contributed by atoms with van der Waals surface area (Å²) in [6.07, 6.45) is 0.410. The predicted octanol–water partition coefficient (Wildman–Crippen LogP) is 1.05. The summed E-state index contributed by atoms with van der Waals surface area (Å²) in [5.74, 6) is -1.09. The normalized spacial score (nSPS) is 12.9. The van der Waals surface area contributed by atoms with Gasteiger partial charge in [0.2, 0.25) is 0 Å². The molecule has 1 atom stereocenters. The Labute approximate surface area is 82.1 Å². The zero-order valence-corrected chi connectivity index (χ0v) is 8.06. The summed E-state index contributed by atoms with van der Waals surface area (Å²) in [5.41, 5.74) is 6.15. The second-order valence-corrected chi connectivity index (χ2v) is 3.26. The van der Waals surface area contributed by atoms with Gasteiger partial charge in [0.05, 0.1) is 0 Å². The van der Waals surface area contributed by atoms with Gasteiger partial charge in [-0.05, 0) is 25.1 Å². The average molecular weight is 200 g/mol. The van der Waals surface area contributed by atoms with Gasteiger partial charge in [-0.1, -0.05) is 6.07 Å². The molecule has 14 heavy (non-hydrogen) atoms. The van der Waals surface area contributed by atoms with Gasteiger partial charge in [0.15, 0.2) is 0 Å². The maximum Gasteiger partial charge on any atom is 0.129 e. The lowest BCUT2D eigenvalue weighted by molar-refractivity contribution is 0.551. The monoisotopic (exact) mass is 200 g/mol. The Morgan fingerprint density at radius 1 is 1.43 bits per heavy atom. The number of rotatable bonds is 4. The first kappa shape index (κ1) is 11.1. The van der Waals surface area contributed by atoms with E-state index in [1.54, 1.807) is 7.05 Å². The summed E-state index contributed by atoms with van der Waals surface area (Å²) < 4.78 is 25.7. The van der Waals surface area contributed by atoms with Crippen LogP contribution < -0.4 is 11.1 Å². The van der Waals surface area contributed by atoms with E-state index in [0.717, 1.165) is 6.07 Å². The van der Waals surface area contributed by atoms with Crippen LogP contribution in [0, 0.1) is 11.6 Å². The van der Waals surface area contributed by atoms with Gasteiger partial charge in [-0.3, -0.25) is 0 Å². The van der Waals surface area contributed by atoms with Crippen LogP contribution in [0.15, 0.2) is 18.2 Å². The van der Waals surface area contributed by atoms with Crippen LogP contribution in [0.5, 0.6) is 0 Å². The Hall–Kier alpha value is -1.00. The van der Waals surface area contributed by atoms with Crippen LogP contribution in [-0.4, -0.2) is 19.6 Å². The number of likely N-dealkylation sites (N-methyl/N-ethyl adjacent to an activating group) is 1. The fourth-order valence-corrected chi connectivity index (χ4v) is 1.30. The lowest BCUT2D eigenvalue weighted by Gasteiger charge is -2.11. The van der Waals surface area contributed by atoms with Gasteiger partial charge in [0, 0.05) is 18.7 Å². The number of hydrogen-bond donors (Lipinski definition) is 2. The van der Waals surface area contributed by atoms with E-state index in [-0.39, 0.29) is 6.04 Å². The molecule has 0 radical (unpaired) electrons. The van der Waals surface area contributed by atoms with E-state index in [2.05, 4.69) is 5.32 Å². The number of halogens is 2.